The normalized spacial score (nSPS) is 14.5. The molecule has 2 heterocycles. The minimum Gasteiger partial charge on any atom is -0.352 e. The Hall–Kier alpha value is -2.09. The fourth-order valence-electron chi connectivity index (χ4n) is 3.26. The molecule has 156 valence electrons. The molecule has 0 aliphatic carbocycles. The minimum absolute atomic E-state index is 0.155. The lowest BCUT2D eigenvalue weighted by molar-refractivity contribution is 0.186. The van der Waals surface area contributed by atoms with Gasteiger partial charge in [-0.15, -0.1) is 0 Å². The van der Waals surface area contributed by atoms with Crippen molar-refractivity contribution in [1.29, 1.82) is 0 Å². The van der Waals surface area contributed by atoms with Gasteiger partial charge in [-0.1, -0.05) is 29.3 Å². The molecule has 0 radical (unpaired) electrons. The third-order valence-electron chi connectivity index (χ3n) is 4.75. The largest absolute Gasteiger partial charge is 0.352 e. The van der Waals surface area contributed by atoms with Crippen molar-refractivity contribution < 1.29 is 4.79 Å². The second-order valence-electron chi connectivity index (χ2n) is 7.39. The SMILES string of the molecule is CC(C)Nc1ncc2c(n1)CN(C(=O)NC(CCN)c1ccc(Cl)c(Cl)c1)CC2. The van der Waals surface area contributed by atoms with E-state index in [0.29, 0.717) is 42.0 Å². The first-order valence-electron chi connectivity index (χ1n) is 9.69. The fraction of sp³-hybridized carbons (Fsp3) is 0.450. The van der Waals surface area contributed by atoms with Crippen molar-refractivity contribution in [1.82, 2.24) is 20.2 Å². The standard InChI is InChI=1S/C20H26Cl2N6O/c1-12(2)25-19-24-10-14-6-8-28(11-18(14)26-19)20(29)27-17(5-7-23)13-3-4-15(21)16(22)9-13/h3-4,9-10,12,17H,5-8,11,23H2,1-2H3,(H,27,29)(H,24,25,26). The third-order valence-corrected chi connectivity index (χ3v) is 5.49. The van der Waals surface area contributed by atoms with E-state index < -0.39 is 0 Å². The van der Waals surface area contributed by atoms with E-state index in [4.69, 9.17) is 28.9 Å². The van der Waals surface area contributed by atoms with Crippen LogP contribution in [0, 0.1) is 0 Å². The molecular weight excluding hydrogens is 411 g/mol. The number of hydrogen-bond acceptors (Lipinski definition) is 5. The topological polar surface area (TPSA) is 96.2 Å². The average Bonchev–Trinajstić information content (AvgIpc) is 2.68. The number of carbonyl (C=O) groups is 1. The Morgan fingerprint density at radius 3 is 2.79 bits per heavy atom. The highest BCUT2D eigenvalue weighted by Gasteiger charge is 2.25. The zero-order valence-corrected chi connectivity index (χ0v) is 18.1. The van der Waals surface area contributed by atoms with Gasteiger partial charge in [0.2, 0.25) is 5.95 Å². The van der Waals surface area contributed by atoms with Gasteiger partial charge in [-0.3, -0.25) is 0 Å². The number of anilines is 1. The van der Waals surface area contributed by atoms with Crippen molar-refractivity contribution in [2.45, 2.75) is 45.3 Å². The number of benzene rings is 1. The van der Waals surface area contributed by atoms with Crippen molar-refractivity contribution in [3.05, 3.63) is 51.3 Å². The van der Waals surface area contributed by atoms with Gasteiger partial charge in [0.05, 0.1) is 28.3 Å². The first-order chi connectivity index (χ1) is 13.9. The molecule has 0 saturated carbocycles. The predicted octanol–water partition coefficient (Wildman–Crippen LogP) is 3.76. The molecule has 0 fully saturated rings. The van der Waals surface area contributed by atoms with Crippen molar-refractivity contribution in [2.24, 2.45) is 5.73 Å². The minimum atomic E-state index is -0.243. The highest BCUT2D eigenvalue weighted by atomic mass is 35.5. The number of amides is 2. The van der Waals surface area contributed by atoms with Gasteiger partial charge in [0.25, 0.3) is 0 Å². The smallest absolute Gasteiger partial charge is 0.318 e. The van der Waals surface area contributed by atoms with Crippen molar-refractivity contribution in [3.63, 3.8) is 0 Å². The summed E-state index contributed by atoms with van der Waals surface area (Å²) in [5.41, 5.74) is 8.58. The van der Waals surface area contributed by atoms with Gasteiger partial charge < -0.3 is 21.3 Å². The summed E-state index contributed by atoms with van der Waals surface area (Å²) in [6, 6.07) is 5.19. The van der Waals surface area contributed by atoms with Crippen molar-refractivity contribution >= 4 is 35.2 Å². The highest BCUT2D eigenvalue weighted by molar-refractivity contribution is 6.42. The number of nitrogens with two attached hydrogens (primary N) is 1. The molecule has 1 unspecified atom stereocenters. The molecule has 0 bridgehead atoms. The zero-order valence-electron chi connectivity index (χ0n) is 16.6. The fourth-order valence-corrected chi connectivity index (χ4v) is 3.57. The van der Waals surface area contributed by atoms with Gasteiger partial charge in [0, 0.05) is 18.8 Å². The molecule has 4 N–H and O–H groups in total. The van der Waals surface area contributed by atoms with E-state index in [1.54, 1.807) is 17.0 Å². The summed E-state index contributed by atoms with van der Waals surface area (Å²) < 4.78 is 0. The van der Waals surface area contributed by atoms with E-state index in [-0.39, 0.29) is 18.1 Å². The molecule has 9 heteroatoms. The summed E-state index contributed by atoms with van der Waals surface area (Å²) in [6.07, 6.45) is 3.16. The molecule has 2 aromatic rings. The first-order valence-corrected chi connectivity index (χ1v) is 10.4. The van der Waals surface area contributed by atoms with E-state index in [9.17, 15) is 4.79 Å². The molecule has 2 amide bonds. The first kappa shape index (κ1) is 21.6. The lowest BCUT2D eigenvalue weighted by atomic mass is 10.0. The van der Waals surface area contributed by atoms with Crippen molar-refractivity contribution in [2.75, 3.05) is 18.4 Å². The molecule has 3 rings (SSSR count). The van der Waals surface area contributed by atoms with E-state index in [1.807, 2.05) is 26.1 Å². The molecule has 1 aromatic carbocycles. The third kappa shape index (κ3) is 5.50. The van der Waals surface area contributed by atoms with Gasteiger partial charge in [0.15, 0.2) is 0 Å². The number of rotatable bonds is 6. The Balaban J connectivity index is 1.71. The lowest BCUT2D eigenvalue weighted by Crippen LogP contribution is -2.44. The molecule has 1 atom stereocenters. The van der Waals surface area contributed by atoms with E-state index in [2.05, 4.69) is 20.6 Å². The van der Waals surface area contributed by atoms with Crippen LogP contribution in [0.2, 0.25) is 10.0 Å². The number of fused-ring (bicyclic) bond motifs is 1. The molecule has 29 heavy (non-hydrogen) atoms. The Morgan fingerprint density at radius 1 is 1.31 bits per heavy atom. The maximum Gasteiger partial charge on any atom is 0.318 e. The van der Waals surface area contributed by atoms with Crippen LogP contribution >= 0.6 is 23.2 Å². The maximum atomic E-state index is 12.9. The summed E-state index contributed by atoms with van der Waals surface area (Å²) in [4.78, 5) is 23.6. The van der Waals surface area contributed by atoms with E-state index >= 15 is 0 Å². The zero-order chi connectivity index (χ0) is 21.0. The molecule has 7 nitrogen and oxygen atoms in total. The van der Waals surface area contributed by atoms with Crippen LogP contribution < -0.4 is 16.4 Å². The Morgan fingerprint density at radius 2 is 2.10 bits per heavy atom. The number of aromatic nitrogens is 2. The predicted molar refractivity (Wildman–Crippen MR) is 116 cm³/mol. The van der Waals surface area contributed by atoms with Crippen LogP contribution in [0.5, 0.6) is 0 Å². The monoisotopic (exact) mass is 436 g/mol. The van der Waals surface area contributed by atoms with E-state index in [1.165, 1.54) is 0 Å². The molecule has 0 spiro atoms. The Bertz CT molecular complexity index is 876. The molecule has 1 aromatic heterocycles. The number of carbonyl (C=O) groups excluding carboxylic acids is 1. The summed E-state index contributed by atoms with van der Waals surface area (Å²) >= 11 is 12.2. The van der Waals surface area contributed by atoms with E-state index in [0.717, 1.165) is 23.2 Å². The van der Waals surface area contributed by atoms with Crippen LogP contribution in [-0.2, 0) is 13.0 Å². The van der Waals surface area contributed by atoms with Crippen LogP contribution in [0.3, 0.4) is 0 Å². The van der Waals surface area contributed by atoms with Gasteiger partial charge in [-0.25, -0.2) is 14.8 Å². The van der Waals surface area contributed by atoms with Crippen LogP contribution in [0.25, 0.3) is 0 Å². The maximum absolute atomic E-state index is 12.9. The number of halogens is 2. The molecule has 1 aliphatic heterocycles. The second kappa shape index (κ2) is 9.61. The Kier molecular flexibility index (Phi) is 7.16. The second-order valence-corrected chi connectivity index (χ2v) is 8.20. The summed E-state index contributed by atoms with van der Waals surface area (Å²) in [7, 11) is 0. The average molecular weight is 437 g/mol. The van der Waals surface area contributed by atoms with Crippen LogP contribution in [0.4, 0.5) is 10.7 Å². The lowest BCUT2D eigenvalue weighted by Gasteiger charge is -2.30. The van der Waals surface area contributed by atoms with Crippen LogP contribution in [0.15, 0.2) is 24.4 Å². The highest BCUT2D eigenvalue weighted by Crippen LogP contribution is 2.27. The van der Waals surface area contributed by atoms with Gasteiger partial charge in [0.1, 0.15) is 0 Å². The van der Waals surface area contributed by atoms with Gasteiger partial charge in [-0.05, 0) is 56.5 Å². The summed E-state index contributed by atoms with van der Waals surface area (Å²) in [5.74, 6) is 0.581. The molecule has 1 aliphatic rings. The van der Waals surface area contributed by atoms with Gasteiger partial charge in [-0.2, -0.15) is 0 Å². The summed E-state index contributed by atoms with van der Waals surface area (Å²) in [5, 5.41) is 7.21. The Labute approximate surface area is 181 Å². The number of urea groups is 1. The molecule has 0 saturated heterocycles. The number of hydrogen-bond donors (Lipinski definition) is 3. The number of nitrogens with zero attached hydrogens (tertiary/aromatic N) is 3. The number of nitrogens with one attached hydrogen (secondary N) is 2. The van der Waals surface area contributed by atoms with Crippen molar-refractivity contribution in [3.8, 4) is 0 Å². The van der Waals surface area contributed by atoms with Crippen LogP contribution in [-0.4, -0.2) is 40.0 Å². The summed E-state index contributed by atoms with van der Waals surface area (Å²) in [6.45, 7) is 5.54. The molecular formula is C20H26Cl2N6O. The van der Waals surface area contributed by atoms with Crippen LogP contribution in [0.1, 0.15) is 43.1 Å². The van der Waals surface area contributed by atoms with Gasteiger partial charge >= 0.3 is 6.03 Å². The quantitative estimate of drug-likeness (QED) is 0.640.